The Hall–Kier alpha value is -6.94. The summed E-state index contributed by atoms with van der Waals surface area (Å²) in [5, 5.41) is 8.48. The number of ether oxygens (including phenoxy) is 1. The first-order valence-electron chi connectivity index (χ1n) is 26.8. The highest BCUT2D eigenvalue weighted by Gasteiger charge is 2.61. The molecule has 8 heterocycles. The van der Waals surface area contributed by atoms with Gasteiger partial charge in [0, 0.05) is 143 Å². The SMILES string of the molecule is CC(C)(C)OC(=O)N1CC2(C1)CN(c1ccc(N)cc1F)C2.CN(C)C(=O)c1cc2cnc(Nc3ccc(N4CC5(CNC5)C4)c(F)c3)nc2n1C12CC(C1)C2.CN(C)C(=O)c1cc2cnc(S(C)=O)nc2n1C12CC(C1)C2. The van der Waals surface area contributed by atoms with Crippen molar-refractivity contribution in [2.75, 3.05) is 108 Å². The molecule has 1 unspecified atom stereocenters. The summed E-state index contributed by atoms with van der Waals surface area (Å²) in [5.74, 6) is 1.37. The van der Waals surface area contributed by atoms with E-state index in [4.69, 9.17) is 15.5 Å². The van der Waals surface area contributed by atoms with Gasteiger partial charge in [-0.05, 0) is 120 Å². The van der Waals surface area contributed by atoms with Crippen molar-refractivity contribution < 1.29 is 32.1 Å². The Kier molecular flexibility index (Phi) is 12.2. The van der Waals surface area contributed by atoms with Crippen molar-refractivity contribution in [3.8, 4) is 0 Å². The van der Waals surface area contributed by atoms with Crippen LogP contribution < -0.4 is 26.2 Å². The molecule has 1 atom stereocenters. The fraction of sp³-hybridized carbons (Fsp3) is 0.518. The monoisotopic (exact) mass is 1090 g/mol. The average Bonchev–Trinajstić information content (AvgIpc) is 3.89. The van der Waals surface area contributed by atoms with Crippen LogP contribution in [-0.2, 0) is 26.6 Å². The van der Waals surface area contributed by atoms with Crippen molar-refractivity contribution in [1.29, 1.82) is 0 Å². The first-order valence-corrected chi connectivity index (χ1v) is 28.3. The number of anilines is 5. The lowest BCUT2D eigenvalue weighted by Gasteiger charge is -2.62. The maximum atomic E-state index is 14.9. The highest BCUT2D eigenvalue weighted by molar-refractivity contribution is 7.84. The first kappa shape index (κ1) is 51.8. The second-order valence-corrected chi connectivity index (χ2v) is 26.3. The van der Waals surface area contributed by atoms with E-state index < -0.39 is 16.4 Å². The maximum absolute atomic E-state index is 14.9. The molecule has 19 nitrogen and oxygen atoms in total. The zero-order valence-electron chi connectivity index (χ0n) is 45.5. The number of nitrogen functional groups attached to an aromatic ring is 1. The van der Waals surface area contributed by atoms with Gasteiger partial charge in [0.05, 0.1) is 22.2 Å². The smallest absolute Gasteiger partial charge is 0.410 e. The van der Waals surface area contributed by atoms with Gasteiger partial charge in [0.25, 0.3) is 11.8 Å². The zero-order valence-corrected chi connectivity index (χ0v) is 46.3. The number of nitrogens with two attached hydrogens (primary N) is 1. The molecule has 4 aromatic heterocycles. The number of amides is 3. The number of carbonyl (C=O) groups excluding carboxylic acids is 3. The lowest BCUT2D eigenvalue weighted by Crippen LogP contribution is -2.73. The van der Waals surface area contributed by atoms with Crippen molar-refractivity contribution in [2.24, 2.45) is 22.7 Å². The quantitative estimate of drug-likeness (QED) is 0.101. The summed E-state index contributed by atoms with van der Waals surface area (Å²) < 4.78 is 50.1. The van der Waals surface area contributed by atoms with Gasteiger partial charge < -0.3 is 54.7 Å². The Morgan fingerprint density at radius 3 is 1.67 bits per heavy atom. The van der Waals surface area contributed by atoms with E-state index in [1.807, 2.05) is 49.9 Å². The second-order valence-electron chi connectivity index (χ2n) is 25.0. The van der Waals surface area contributed by atoms with Crippen molar-refractivity contribution in [3.05, 3.63) is 83.9 Å². The number of likely N-dealkylation sites (tertiary alicyclic amines) is 1. The first-order chi connectivity index (χ1) is 36.9. The van der Waals surface area contributed by atoms with Crippen LogP contribution in [0.1, 0.15) is 80.3 Å². The topological polar surface area (TPSA) is 205 Å². The number of carbonyl (C=O) groups is 3. The van der Waals surface area contributed by atoms with E-state index in [0.717, 1.165) is 112 Å². The number of fused-ring (bicyclic) bond motifs is 2. The van der Waals surface area contributed by atoms with Gasteiger partial charge in [0.2, 0.25) is 11.1 Å². The number of nitrogens with zero attached hydrogens (tertiary/aromatic N) is 11. The molecule has 412 valence electrons. The Morgan fingerprint density at radius 1 is 0.718 bits per heavy atom. The van der Waals surface area contributed by atoms with E-state index in [0.29, 0.717) is 63.7 Å². The molecule has 6 saturated carbocycles. The molecule has 2 aromatic carbocycles. The molecule has 6 aliphatic carbocycles. The summed E-state index contributed by atoms with van der Waals surface area (Å²) in [6, 6.07) is 13.7. The van der Waals surface area contributed by atoms with E-state index in [-0.39, 0.29) is 46.0 Å². The predicted molar refractivity (Wildman–Crippen MR) is 295 cm³/mol. The Labute approximate surface area is 454 Å². The van der Waals surface area contributed by atoms with Crippen LogP contribution in [0.15, 0.2) is 66.1 Å². The van der Waals surface area contributed by atoms with Crippen LogP contribution >= 0.6 is 0 Å². The molecule has 4 N–H and O–H groups in total. The maximum Gasteiger partial charge on any atom is 0.410 e. The molecule has 2 spiro atoms. The lowest BCUT2D eigenvalue weighted by molar-refractivity contribution is -0.0871. The molecule has 4 bridgehead atoms. The molecule has 4 saturated heterocycles. The summed E-state index contributed by atoms with van der Waals surface area (Å²) in [6.45, 7) is 12.3. The third-order valence-electron chi connectivity index (χ3n) is 17.2. The van der Waals surface area contributed by atoms with Crippen LogP contribution in [0.25, 0.3) is 22.1 Å². The molecule has 6 aromatic rings. The van der Waals surface area contributed by atoms with Gasteiger partial charge in [0.15, 0.2) is 0 Å². The number of rotatable bonds is 9. The van der Waals surface area contributed by atoms with E-state index in [1.54, 1.807) is 73.7 Å². The summed E-state index contributed by atoms with van der Waals surface area (Å²) in [5.41, 5.74) is 10.6. The van der Waals surface area contributed by atoms with Crippen molar-refractivity contribution >= 4 is 79.5 Å². The standard InChI is InChI=1S/C25H28FN7O.C16H22FN3O2.C15H18N4O2S/c1-31(2)22(34)20-5-16-10-28-23(30-21(16)33(20)25-7-15(8-25)9-25)29-17-3-4-19(18(26)6-17)32-13-24(14-32)11-27-12-24;1-15(2,3)22-14(21)20-9-16(10-20)7-19(8-16)13-5-4-11(18)6-12(13)17;1-18(2)13(20)11-4-10-8-16-14(22(3)21)17-12(10)19(11)15-5-9(6-15)7-15/h3-6,10,15,27H,7-9,11-14H2,1-2H3,(H,28,29,30);4-6H,7-10,18H2,1-3H3;4,8-9H,5-7H2,1-3H3. The van der Waals surface area contributed by atoms with Gasteiger partial charge in [-0.2, -0.15) is 4.98 Å². The second kappa shape index (κ2) is 18.3. The molecule has 10 aliphatic rings. The van der Waals surface area contributed by atoms with Crippen molar-refractivity contribution in [3.63, 3.8) is 0 Å². The average molecular weight is 1090 g/mol. The predicted octanol–water partition coefficient (Wildman–Crippen LogP) is 6.78. The van der Waals surface area contributed by atoms with Crippen LogP contribution in [0.5, 0.6) is 0 Å². The highest BCUT2D eigenvalue weighted by atomic mass is 32.2. The minimum atomic E-state index is -1.23. The van der Waals surface area contributed by atoms with Crippen LogP contribution in [0.2, 0.25) is 0 Å². The molecule has 16 rings (SSSR count). The molecule has 10 fully saturated rings. The van der Waals surface area contributed by atoms with Crippen molar-refractivity contribution in [1.82, 2.24) is 49.1 Å². The van der Waals surface area contributed by atoms with Crippen LogP contribution in [-0.4, -0.2) is 158 Å². The molecule has 0 radical (unpaired) electrons. The third kappa shape index (κ3) is 8.86. The molecule has 78 heavy (non-hydrogen) atoms. The summed E-state index contributed by atoms with van der Waals surface area (Å²) in [7, 11) is 5.82. The summed E-state index contributed by atoms with van der Waals surface area (Å²) >= 11 is 0. The fourth-order valence-corrected chi connectivity index (χ4v) is 13.5. The van der Waals surface area contributed by atoms with E-state index in [2.05, 4.69) is 39.6 Å². The molecular weight excluding hydrogens is 1020 g/mol. The Morgan fingerprint density at radius 2 is 1.22 bits per heavy atom. The number of halogens is 2. The molecule has 4 aliphatic heterocycles. The van der Waals surface area contributed by atoms with Gasteiger partial charge in [0.1, 0.15) is 39.9 Å². The Bertz CT molecular complexity index is 3420. The lowest BCUT2D eigenvalue weighted by atomic mass is 9.49. The normalized spacial score (nSPS) is 24.5. The van der Waals surface area contributed by atoms with Gasteiger partial charge in [-0.25, -0.2) is 28.5 Å². The van der Waals surface area contributed by atoms with E-state index in [1.165, 1.54) is 12.1 Å². The largest absolute Gasteiger partial charge is 0.444 e. The van der Waals surface area contributed by atoms with E-state index in [9.17, 15) is 27.4 Å². The number of hydrogen-bond donors (Lipinski definition) is 3. The highest BCUT2D eigenvalue weighted by Crippen LogP contribution is 2.64. The summed E-state index contributed by atoms with van der Waals surface area (Å²) in [4.78, 5) is 64.3. The number of nitrogens with one attached hydrogen (secondary N) is 2. The third-order valence-corrected chi connectivity index (χ3v) is 17.9. The van der Waals surface area contributed by atoms with Crippen LogP contribution in [0.4, 0.5) is 42.3 Å². The van der Waals surface area contributed by atoms with Gasteiger partial charge in [-0.15, -0.1) is 0 Å². The van der Waals surface area contributed by atoms with E-state index >= 15 is 0 Å². The zero-order chi connectivity index (χ0) is 55.0. The Balaban J connectivity index is 0.000000122. The minimum Gasteiger partial charge on any atom is -0.444 e. The number of hydrogen-bond acceptors (Lipinski definition) is 14. The molecular formula is C56H68F2N14O5S. The van der Waals surface area contributed by atoms with Crippen LogP contribution in [0.3, 0.4) is 0 Å². The molecule has 3 amide bonds. The number of aromatic nitrogens is 6. The van der Waals surface area contributed by atoms with Crippen molar-refractivity contribution in [2.45, 2.75) is 81.1 Å². The van der Waals surface area contributed by atoms with Gasteiger partial charge in [-0.3, -0.25) is 13.8 Å². The minimum absolute atomic E-state index is 0.00264. The van der Waals surface area contributed by atoms with Gasteiger partial charge in [-0.1, -0.05) is 0 Å². The fourth-order valence-electron chi connectivity index (χ4n) is 13.0. The number of benzene rings is 2. The van der Waals surface area contributed by atoms with Crippen LogP contribution in [0, 0.1) is 34.3 Å². The van der Waals surface area contributed by atoms with Gasteiger partial charge >= 0.3 is 6.09 Å². The summed E-state index contributed by atoms with van der Waals surface area (Å²) in [6.07, 6.45) is 11.3. The molecule has 22 heteroatoms.